The second-order valence-corrected chi connectivity index (χ2v) is 3.01. The lowest BCUT2D eigenvalue weighted by molar-refractivity contribution is -0.387. The predicted molar refractivity (Wildman–Crippen MR) is 49.8 cm³/mol. The molecule has 0 amide bonds. The fourth-order valence-electron chi connectivity index (χ4n) is 0.948. The lowest BCUT2D eigenvalue weighted by Gasteiger charge is -1.99. The van der Waals surface area contributed by atoms with Gasteiger partial charge in [-0.25, -0.2) is 0 Å². The van der Waals surface area contributed by atoms with E-state index in [1.165, 1.54) is 12.1 Å². The van der Waals surface area contributed by atoms with Gasteiger partial charge in [0.05, 0.1) is 21.5 Å². The molecular weight excluding hydrogens is 188 g/mol. The highest BCUT2D eigenvalue weighted by molar-refractivity contribution is 7.80. The van der Waals surface area contributed by atoms with Crippen molar-refractivity contribution in [3.8, 4) is 6.07 Å². The second kappa shape index (κ2) is 3.46. The summed E-state index contributed by atoms with van der Waals surface area (Å²) in [7, 11) is 0. The van der Waals surface area contributed by atoms with E-state index in [0.29, 0.717) is 11.1 Å². The van der Waals surface area contributed by atoms with E-state index in [4.69, 9.17) is 5.26 Å². The largest absolute Gasteiger partial charge is 0.283 e. The smallest absolute Gasteiger partial charge is 0.258 e. The molecule has 0 heterocycles. The number of nitriles is 1. The second-order valence-electron chi connectivity index (χ2n) is 2.52. The number of benzene rings is 1. The zero-order valence-corrected chi connectivity index (χ0v) is 7.71. The molecule has 66 valence electrons. The molecule has 4 nitrogen and oxygen atoms in total. The number of nitro benzene ring substituents is 1. The Morgan fingerprint density at radius 1 is 1.62 bits per heavy atom. The van der Waals surface area contributed by atoms with E-state index >= 15 is 0 Å². The monoisotopic (exact) mass is 194 g/mol. The van der Waals surface area contributed by atoms with E-state index in [9.17, 15) is 10.1 Å². The summed E-state index contributed by atoms with van der Waals surface area (Å²) in [4.78, 5) is 10.2. The maximum absolute atomic E-state index is 10.4. The molecule has 0 aliphatic carbocycles. The Morgan fingerprint density at radius 3 is 2.69 bits per heavy atom. The minimum atomic E-state index is -0.553. The van der Waals surface area contributed by atoms with Gasteiger partial charge in [0, 0.05) is 6.07 Å². The first-order valence-corrected chi connectivity index (χ1v) is 3.89. The maximum Gasteiger partial charge on any atom is 0.283 e. The van der Waals surface area contributed by atoms with Crippen molar-refractivity contribution in [3.05, 3.63) is 33.4 Å². The van der Waals surface area contributed by atoms with Crippen LogP contribution in [0.25, 0.3) is 0 Å². The van der Waals surface area contributed by atoms with Crippen LogP contribution in [-0.4, -0.2) is 4.92 Å². The minimum absolute atomic E-state index is 0.134. The summed E-state index contributed by atoms with van der Waals surface area (Å²) in [5, 5.41) is 19.1. The highest BCUT2D eigenvalue weighted by Crippen LogP contribution is 2.25. The molecule has 1 rings (SSSR count). The number of hydrogen-bond acceptors (Lipinski definition) is 4. The molecule has 0 aromatic heterocycles. The van der Waals surface area contributed by atoms with Gasteiger partial charge in [-0.1, -0.05) is 0 Å². The predicted octanol–water partition coefficient (Wildman–Crippen LogP) is 2.06. The molecule has 5 heteroatoms. The maximum atomic E-state index is 10.4. The van der Waals surface area contributed by atoms with E-state index in [0.717, 1.165) is 0 Å². The van der Waals surface area contributed by atoms with Gasteiger partial charge in [0.25, 0.3) is 5.69 Å². The molecule has 0 unspecified atom stereocenters. The van der Waals surface area contributed by atoms with Crippen LogP contribution in [0.3, 0.4) is 0 Å². The number of nitro groups is 1. The molecule has 1 aromatic rings. The van der Waals surface area contributed by atoms with Crippen LogP contribution in [0.1, 0.15) is 11.1 Å². The molecule has 0 aliphatic rings. The first kappa shape index (κ1) is 9.55. The number of hydrogen-bond donors (Lipinski definition) is 1. The van der Waals surface area contributed by atoms with Crippen molar-refractivity contribution in [1.29, 1.82) is 5.26 Å². The van der Waals surface area contributed by atoms with Gasteiger partial charge in [-0.15, -0.1) is 12.6 Å². The summed E-state index contributed by atoms with van der Waals surface area (Å²) in [6.45, 7) is 1.71. The Labute approximate surface area is 80.4 Å². The molecule has 1 aromatic carbocycles. The van der Waals surface area contributed by atoms with Crippen LogP contribution >= 0.6 is 12.6 Å². The average molecular weight is 194 g/mol. The third kappa shape index (κ3) is 1.79. The van der Waals surface area contributed by atoms with Gasteiger partial charge in [-0.05, 0) is 18.6 Å². The number of nitrogens with zero attached hydrogens (tertiary/aromatic N) is 2. The van der Waals surface area contributed by atoms with E-state index < -0.39 is 4.92 Å². The van der Waals surface area contributed by atoms with Crippen LogP contribution in [-0.2, 0) is 0 Å². The lowest BCUT2D eigenvalue weighted by atomic mass is 10.1. The highest BCUT2D eigenvalue weighted by Gasteiger charge is 2.13. The number of aryl methyl sites for hydroxylation is 1. The fourth-order valence-corrected chi connectivity index (χ4v) is 1.29. The van der Waals surface area contributed by atoms with Gasteiger partial charge in [0.2, 0.25) is 0 Å². The number of rotatable bonds is 1. The van der Waals surface area contributed by atoms with Crippen molar-refractivity contribution in [1.82, 2.24) is 0 Å². The van der Waals surface area contributed by atoms with E-state index in [-0.39, 0.29) is 10.6 Å². The van der Waals surface area contributed by atoms with E-state index in [2.05, 4.69) is 12.6 Å². The normalized spacial score (nSPS) is 9.31. The Bertz CT molecular complexity index is 409. The first-order valence-electron chi connectivity index (χ1n) is 3.44. The summed E-state index contributed by atoms with van der Waals surface area (Å²) in [5.41, 5.74) is 0.869. The minimum Gasteiger partial charge on any atom is -0.258 e. The average Bonchev–Trinajstić information content (AvgIpc) is 2.03. The molecule has 0 radical (unpaired) electrons. The van der Waals surface area contributed by atoms with Gasteiger partial charge in [0.15, 0.2) is 0 Å². The Balaban J connectivity index is 3.41. The molecule has 0 N–H and O–H groups in total. The zero-order valence-electron chi connectivity index (χ0n) is 6.81. The van der Waals surface area contributed by atoms with Gasteiger partial charge >= 0.3 is 0 Å². The van der Waals surface area contributed by atoms with Gasteiger partial charge in [-0.3, -0.25) is 10.1 Å². The van der Waals surface area contributed by atoms with Crippen molar-refractivity contribution in [3.63, 3.8) is 0 Å². The number of thiol groups is 1. The van der Waals surface area contributed by atoms with Crippen LogP contribution < -0.4 is 0 Å². The molecule has 0 aliphatic heterocycles. The van der Waals surface area contributed by atoms with E-state index in [1.807, 2.05) is 6.07 Å². The Hall–Kier alpha value is -1.54. The fraction of sp³-hybridized carbons (Fsp3) is 0.125. The van der Waals surface area contributed by atoms with Crippen molar-refractivity contribution in [2.45, 2.75) is 11.8 Å². The molecule has 0 bridgehead atoms. The molecular formula is C8H6N2O2S. The molecule has 13 heavy (non-hydrogen) atoms. The van der Waals surface area contributed by atoms with Crippen molar-refractivity contribution in [2.24, 2.45) is 0 Å². The highest BCUT2D eigenvalue weighted by atomic mass is 32.1. The molecule has 0 spiro atoms. The first-order chi connectivity index (χ1) is 6.06. The standard InChI is InChI=1S/C8H6N2O2S/c1-5-2-8(13)7(10(11)12)3-6(5)4-9/h2-3,13H,1H3. The SMILES string of the molecule is Cc1cc(S)c([N+](=O)[O-])cc1C#N. The van der Waals surface area contributed by atoms with E-state index in [1.54, 1.807) is 6.92 Å². The van der Waals surface area contributed by atoms with Gasteiger partial charge in [-0.2, -0.15) is 5.26 Å². The molecule has 0 saturated carbocycles. The van der Waals surface area contributed by atoms with Gasteiger partial charge in [0.1, 0.15) is 0 Å². The lowest BCUT2D eigenvalue weighted by Crippen LogP contribution is -1.92. The van der Waals surface area contributed by atoms with Crippen LogP contribution in [0.5, 0.6) is 0 Å². The summed E-state index contributed by atoms with van der Waals surface area (Å²) in [5.74, 6) is 0. The third-order valence-corrected chi connectivity index (χ3v) is 2.00. The van der Waals surface area contributed by atoms with Crippen LogP contribution in [0.4, 0.5) is 5.69 Å². The Kier molecular flexibility index (Phi) is 2.54. The van der Waals surface area contributed by atoms with Crippen molar-refractivity contribution >= 4 is 18.3 Å². The van der Waals surface area contributed by atoms with Crippen LogP contribution in [0.2, 0.25) is 0 Å². The summed E-state index contributed by atoms with van der Waals surface area (Å²) >= 11 is 3.94. The molecule has 0 fully saturated rings. The summed E-state index contributed by atoms with van der Waals surface area (Å²) < 4.78 is 0. The van der Waals surface area contributed by atoms with Crippen molar-refractivity contribution in [2.75, 3.05) is 0 Å². The van der Waals surface area contributed by atoms with Crippen molar-refractivity contribution < 1.29 is 4.92 Å². The summed E-state index contributed by atoms with van der Waals surface area (Å²) in [6, 6.07) is 4.63. The quantitative estimate of drug-likeness (QED) is 0.422. The topological polar surface area (TPSA) is 66.9 Å². The van der Waals surface area contributed by atoms with Crippen LogP contribution in [0.15, 0.2) is 17.0 Å². The van der Waals surface area contributed by atoms with Crippen LogP contribution in [0, 0.1) is 28.4 Å². The summed E-state index contributed by atoms with van der Waals surface area (Å²) in [6.07, 6.45) is 0. The third-order valence-electron chi connectivity index (χ3n) is 1.64. The molecule has 0 saturated heterocycles. The zero-order chi connectivity index (χ0) is 10.0. The molecule has 0 atom stereocenters. The van der Waals surface area contributed by atoms with Gasteiger partial charge < -0.3 is 0 Å². The Morgan fingerprint density at radius 2 is 2.23 bits per heavy atom.